The quantitative estimate of drug-likeness (QED) is 0.379. The fourth-order valence-electron chi connectivity index (χ4n) is 3.17. The van der Waals surface area contributed by atoms with Gasteiger partial charge in [-0.3, -0.25) is 14.4 Å². The van der Waals surface area contributed by atoms with Gasteiger partial charge >= 0.3 is 0 Å². The molecule has 2 heterocycles. The van der Waals surface area contributed by atoms with Crippen LogP contribution in [-0.4, -0.2) is 41.1 Å². The van der Waals surface area contributed by atoms with Gasteiger partial charge in [0.2, 0.25) is 5.91 Å². The Labute approximate surface area is 185 Å². The Kier molecular flexibility index (Phi) is 8.29. The zero-order chi connectivity index (χ0) is 22.1. The minimum absolute atomic E-state index is 0.0189. The van der Waals surface area contributed by atoms with Crippen LogP contribution in [0.3, 0.4) is 0 Å². The molecule has 7 heteroatoms. The van der Waals surface area contributed by atoms with Gasteiger partial charge in [0.25, 0.3) is 0 Å². The lowest BCUT2D eigenvalue weighted by molar-refractivity contribution is -0.132. The first-order valence-corrected chi connectivity index (χ1v) is 11.2. The van der Waals surface area contributed by atoms with Crippen molar-refractivity contribution in [3.63, 3.8) is 0 Å². The maximum atomic E-state index is 12.3. The summed E-state index contributed by atoms with van der Waals surface area (Å²) >= 11 is 1.38. The Balaban J connectivity index is 1.33. The van der Waals surface area contributed by atoms with E-state index in [0.717, 1.165) is 23.4 Å². The van der Waals surface area contributed by atoms with Gasteiger partial charge in [-0.25, -0.2) is 0 Å². The lowest BCUT2D eigenvalue weighted by Gasteiger charge is -2.16. The van der Waals surface area contributed by atoms with Crippen molar-refractivity contribution in [2.75, 3.05) is 13.6 Å². The summed E-state index contributed by atoms with van der Waals surface area (Å²) in [4.78, 5) is 38.6. The molecule has 6 nitrogen and oxygen atoms in total. The molecule has 0 bridgehead atoms. The molecule has 2 aromatic heterocycles. The third kappa shape index (κ3) is 7.00. The number of hydrogen-bond donors (Lipinski definition) is 0. The van der Waals surface area contributed by atoms with Gasteiger partial charge in [0.1, 0.15) is 17.2 Å². The van der Waals surface area contributed by atoms with Crippen molar-refractivity contribution in [1.29, 1.82) is 0 Å². The smallest absolute Gasteiger partial charge is 0.222 e. The fraction of sp³-hybridized carbons (Fsp3) is 0.333. The number of aromatic nitrogens is 1. The average Bonchev–Trinajstić information content (AvgIpc) is 3.49. The molecule has 0 saturated carbocycles. The Morgan fingerprint density at radius 3 is 2.52 bits per heavy atom. The molecule has 0 atom stereocenters. The predicted molar refractivity (Wildman–Crippen MR) is 120 cm³/mol. The highest BCUT2D eigenvalue weighted by atomic mass is 32.1. The van der Waals surface area contributed by atoms with E-state index in [9.17, 15) is 14.4 Å². The first-order chi connectivity index (χ1) is 15.0. The highest BCUT2D eigenvalue weighted by molar-refractivity contribution is 7.12. The summed E-state index contributed by atoms with van der Waals surface area (Å²) in [5.74, 6) is 0.641. The van der Waals surface area contributed by atoms with Gasteiger partial charge in [-0.2, -0.15) is 0 Å². The molecule has 0 unspecified atom stereocenters. The summed E-state index contributed by atoms with van der Waals surface area (Å²) in [5.41, 5.74) is 1.81. The monoisotopic (exact) mass is 438 g/mol. The van der Waals surface area contributed by atoms with Gasteiger partial charge in [-0.05, 0) is 17.9 Å². The molecule has 31 heavy (non-hydrogen) atoms. The SMILES string of the molecule is CN(CCCc1cc(-c2ccccc2)no1)C(=O)CCC(=O)CCC(=O)c1cccs1. The molecule has 1 amide bonds. The number of benzene rings is 1. The van der Waals surface area contributed by atoms with Crippen molar-refractivity contribution in [1.82, 2.24) is 10.1 Å². The number of rotatable bonds is 12. The summed E-state index contributed by atoms with van der Waals surface area (Å²) in [6.45, 7) is 0.575. The second-order valence-electron chi connectivity index (χ2n) is 7.40. The van der Waals surface area contributed by atoms with E-state index in [1.54, 1.807) is 18.0 Å². The van der Waals surface area contributed by atoms with Crippen LogP contribution in [0.1, 0.15) is 47.5 Å². The van der Waals surface area contributed by atoms with Gasteiger partial charge in [0.05, 0.1) is 4.88 Å². The van der Waals surface area contributed by atoms with Crippen LogP contribution < -0.4 is 0 Å². The Morgan fingerprint density at radius 2 is 1.77 bits per heavy atom. The van der Waals surface area contributed by atoms with E-state index in [0.29, 0.717) is 17.8 Å². The number of ketones is 2. The van der Waals surface area contributed by atoms with E-state index < -0.39 is 0 Å². The molecule has 0 fully saturated rings. The van der Waals surface area contributed by atoms with Crippen molar-refractivity contribution >= 4 is 28.8 Å². The zero-order valence-corrected chi connectivity index (χ0v) is 18.4. The second kappa shape index (κ2) is 11.4. The molecule has 0 saturated heterocycles. The van der Waals surface area contributed by atoms with Crippen LogP contribution in [0.15, 0.2) is 58.4 Å². The number of thiophene rings is 1. The van der Waals surface area contributed by atoms with Gasteiger partial charge < -0.3 is 9.42 Å². The lowest BCUT2D eigenvalue weighted by atomic mass is 10.1. The molecule has 0 radical (unpaired) electrons. The number of Topliss-reactive ketones (excluding diaryl/α,β-unsaturated/α-hetero) is 2. The first-order valence-electron chi connectivity index (χ1n) is 10.4. The molecular weight excluding hydrogens is 412 g/mol. The normalized spacial score (nSPS) is 10.7. The lowest BCUT2D eigenvalue weighted by Crippen LogP contribution is -2.28. The zero-order valence-electron chi connectivity index (χ0n) is 17.6. The van der Waals surface area contributed by atoms with Crippen molar-refractivity contribution < 1.29 is 18.9 Å². The van der Waals surface area contributed by atoms with Crippen LogP contribution in [0, 0.1) is 0 Å². The first kappa shape index (κ1) is 22.6. The number of amides is 1. The van der Waals surface area contributed by atoms with E-state index in [1.807, 2.05) is 47.8 Å². The summed E-state index contributed by atoms with van der Waals surface area (Å²) in [7, 11) is 1.74. The van der Waals surface area contributed by atoms with Crippen LogP contribution in [0.2, 0.25) is 0 Å². The van der Waals surface area contributed by atoms with Crippen LogP contribution in [0.5, 0.6) is 0 Å². The maximum Gasteiger partial charge on any atom is 0.222 e. The van der Waals surface area contributed by atoms with Crippen molar-refractivity contribution in [2.45, 2.75) is 38.5 Å². The molecule has 0 aliphatic rings. The number of carbonyl (C=O) groups excluding carboxylic acids is 3. The summed E-state index contributed by atoms with van der Waals surface area (Å²) in [6, 6.07) is 15.3. The van der Waals surface area contributed by atoms with Crippen molar-refractivity contribution in [3.05, 3.63) is 64.5 Å². The number of carbonyl (C=O) groups is 3. The van der Waals surface area contributed by atoms with Crippen LogP contribution in [0.4, 0.5) is 0 Å². The van der Waals surface area contributed by atoms with Gasteiger partial charge in [-0.15, -0.1) is 11.3 Å². The average molecular weight is 439 g/mol. The Hall–Kier alpha value is -3.06. The molecule has 1 aromatic carbocycles. The summed E-state index contributed by atoms with van der Waals surface area (Å²) in [5, 5.41) is 5.94. The molecule has 0 aliphatic heterocycles. The standard InChI is InChI=1S/C24H26N2O4S/c1-26(15-5-9-20-17-21(25-30-20)18-7-3-2-4-8-18)24(29)14-12-19(27)11-13-22(28)23-10-6-16-31-23/h2-4,6-8,10,16-17H,5,9,11-15H2,1H3. The fourth-order valence-corrected chi connectivity index (χ4v) is 3.86. The van der Waals surface area contributed by atoms with Gasteiger partial charge in [-0.1, -0.05) is 41.6 Å². The third-order valence-electron chi connectivity index (χ3n) is 5.02. The minimum atomic E-state index is -0.0690. The largest absolute Gasteiger partial charge is 0.361 e. The summed E-state index contributed by atoms with van der Waals surface area (Å²) < 4.78 is 5.39. The molecule has 162 valence electrons. The van der Waals surface area contributed by atoms with E-state index in [2.05, 4.69) is 5.16 Å². The van der Waals surface area contributed by atoms with Gasteiger partial charge in [0, 0.05) is 57.3 Å². The molecule has 3 rings (SSSR count). The molecule has 0 aliphatic carbocycles. The van der Waals surface area contributed by atoms with Gasteiger partial charge in [0.15, 0.2) is 5.78 Å². The third-order valence-corrected chi connectivity index (χ3v) is 5.93. The highest BCUT2D eigenvalue weighted by Crippen LogP contribution is 2.19. The molecular formula is C24H26N2O4S. The van der Waals surface area contributed by atoms with E-state index in [1.165, 1.54) is 11.3 Å². The minimum Gasteiger partial charge on any atom is -0.361 e. The predicted octanol–water partition coefficient (Wildman–Crippen LogP) is 4.81. The van der Waals surface area contributed by atoms with E-state index in [4.69, 9.17) is 4.52 Å². The Bertz CT molecular complexity index is 996. The number of nitrogens with zero attached hydrogens (tertiary/aromatic N) is 2. The number of aryl methyl sites for hydroxylation is 1. The summed E-state index contributed by atoms with van der Waals surface area (Å²) in [6.07, 6.45) is 2.15. The van der Waals surface area contributed by atoms with Crippen molar-refractivity contribution in [3.8, 4) is 11.3 Å². The highest BCUT2D eigenvalue weighted by Gasteiger charge is 2.14. The van der Waals surface area contributed by atoms with Crippen LogP contribution in [-0.2, 0) is 16.0 Å². The topological polar surface area (TPSA) is 80.5 Å². The Morgan fingerprint density at radius 1 is 1.00 bits per heavy atom. The maximum absolute atomic E-state index is 12.3. The van der Waals surface area contributed by atoms with Crippen LogP contribution >= 0.6 is 11.3 Å². The molecule has 3 aromatic rings. The van der Waals surface area contributed by atoms with Crippen LogP contribution in [0.25, 0.3) is 11.3 Å². The molecule has 0 N–H and O–H groups in total. The number of hydrogen-bond acceptors (Lipinski definition) is 6. The van der Waals surface area contributed by atoms with E-state index >= 15 is 0 Å². The second-order valence-corrected chi connectivity index (χ2v) is 8.35. The van der Waals surface area contributed by atoms with Crippen molar-refractivity contribution in [2.24, 2.45) is 0 Å². The van der Waals surface area contributed by atoms with E-state index in [-0.39, 0.29) is 43.2 Å². The molecule has 0 spiro atoms.